The monoisotopic (exact) mass is 435 g/mol. The molecule has 7 heteroatoms. The Bertz CT molecular complexity index is 920. The fourth-order valence-electron chi connectivity index (χ4n) is 4.48. The summed E-state index contributed by atoms with van der Waals surface area (Å²) in [5.74, 6) is 1.62. The van der Waals surface area contributed by atoms with Crippen LogP contribution in [0.2, 0.25) is 5.02 Å². The zero-order valence-electron chi connectivity index (χ0n) is 16.2. The van der Waals surface area contributed by atoms with Gasteiger partial charge in [-0.15, -0.1) is 0 Å². The minimum absolute atomic E-state index is 0.115. The summed E-state index contributed by atoms with van der Waals surface area (Å²) in [6.07, 6.45) is 0.701. The lowest BCUT2D eigenvalue weighted by Gasteiger charge is -2.35. The van der Waals surface area contributed by atoms with Gasteiger partial charge in [-0.05, 0) is 61.1 Å². The number of likely N-dealkylation sites (tertiary alicyclic amines) is 1. The molecule has 0 unspecified atom stereocenters. The first kappa shape index (κ1) is 20.7. The molecule has 1 N–H and O–H groups in total. The van der Waals surface area contributed by atoms with Gasteiger partial charge < -0.3 is 14.7 Å². The summed E-state index contributed by atoms with van der Waals surface area (Å²) < 4.78 is 31.1. The predicted molar refractivity (Wildman–Crippen MR) is 113 cm³/mol. The van der Waals surface area contributed by atoms with Gasteiger partial charge in [0.1, 0.15) is 11.9 Å². The van der Waals surface area contributed by atoms with Crippen LogP contribution in [0.15, 0.2) is 59.5 Å². The van der Waals surface area contributed by atoms with Crippen LogP contribution < -0.4 is 4.74 Å². The van der Waals surface area contributed by atoms with Crippen LogP contribution in [-0.2, 0) is 9.84 Å². The van der Waals surface area contributed by atoms with E-state index in [1.54, 1.807) is 36.4 Å². The molecule has 4 atom stereocenters. The Hall–Kier alpha value is -1.60. The van der Waals surface area contributed by atoms with Gasteiger partial charge in [0.2, 0.25) is 0 Å². The van der Waals surface area contributed by atoms with E-state index in [0.29, 0.717) is 40.5 Å². The summed E-state index contributed by atoms with van der Waals surface area (Å²) in [4.78, 5) is 2.59. The molecule has 0 radical (unpaired) electrons. The molecule has 0 spiro atoms. The molecule has 2 fully saturated rings. The first-order valence-corrected chi connectivity index (χ1v) is 12.0. The average molecular weight is 436 g/mol. The van der Waals surface area contributed by atoms with E-state index < -0.39 is 15.9 Å². The highest BCUT2D eigenvalue weighted by Gasteiger charge is 2.42. The molecule has 0 amide bonds. The third kappa shape index (κ3) is 4.94. The van der Waals surface area contributed by atoms with Gasteiger partial charge in [-0.3, -0.25) is 0 Å². The van der Waals surface area contributed by atoms with Crippen LogP contribution >= 0.6 is 11.6 Å². The van der Waals surface area contributed by atoms with Crippen LogP contribution in [0.5, 0.6) is 5.75 Å². The number of nitrogens with zero attached hydrogens (tertiary/aromatic N) is 1. The summed E-state index contributed by atoms with van der Waals surface area (Å²) in [7, 11) is -3.27. The standard InChI is InChI=1S/C22H26ClNO4S/c23-18-6-8-19(9-7-18)28-22-13-17-15-24(14-16(17)12-21(22)25)10-11-29(26,27)20-4-2-1-3-5-20/h1-9,16-17,21-22,25H,10-15H2/t16-,17+,21+,22+/m0/s1. The summed E-state index contributed by atoms with van der Waals surface area (Å²) in [5.41, 5.74) is 0. The molecule has 2 aliphatic rings. The Labute approximate surface area is 177 Å². The molecule has 1 saturated heterocycles. The summed E-state index contributed by atoms with van der Waals surface area (Å²) in [5, 5.41) is 11.2. The Morgan fingerprint density at radius 2 is 1.66 bits per heavy atom. The lowest BCUT2D eigenvalue weighted by molar-refractivity contribution is -0.0231. The molecule has 156 valence electrons. The highest BCUT2D eigenvalue weighted by molar-refractivity contribution is 7.91. The Kier molecular flexibility index (Phi) is 6.16. The average Bonchev–Trinajstić information content (AvgIpc) is 3.11. The predicted octanol–water partition coefficient (Wildman–Crippen LogP) is 3.26. The van der Waals surface area contributed by atoms with Crippen LogP contribution in [0, 0.1) is 11.8 Å². The van der Waals surface area contributed by atoms with Crippen LogP contribution in [0.4, 0.5) is 0 Å². The number of hydrogen-bond donors (Lipinski definition) is 1. The van der Waals surface area contributed by atoms with Crippen molar-refractivity contribution in [3.8, 4) is 5.75 Å². The second kappa shape index (κ2) is 8.64. The van der Waals surface area contributed by atoms with Crippen molar-refractivity contribution >= 4 is 21.4 Å². The molecule has 4 rings (SSSR count). The van der Waals surface area contributed by atoms with Gasteiger partial charge >= 0.3 is 0 Å². The van der Waals surface area contributed by atoms with Crippen molar-refractivity contribution in [2.45, 2.75) is 29.9 Å². The molecule has 1 aliphatic heterocycles. The second-order valence-electron chi connectivity index (χ2n) is 8.06. The summed E-state index contributed by atoms with van der Waals surface area (Å²) in [6, 6.07) is 15.8. The maximum atomic E-state index is 12.5. The lowest BCUT2D eigenvalue weighted by atomic mass is 9.78. The van der Waals surface area contributed by atoms with Gasteiger partial charge in [0, 0.05) is 24.7 Å². The van der Waals surface area contributed by atoms with Gasteiger partial charge in [-0.1, -0.05) is 29.8 Å². The van der Waals surface area contributed by atoms with E-state index in [1.165, 1.54) is 0 Å². The summed E-state index contributed by atoms with van der Waals surface area (Å²) in [6.45, 7) is 2.20. The normalized spacial score (nSPS) is 27.5. The smallest absolute Gasteiger partial charge is 0.179 e. The van der Waals surface area contributed by atoms with Crippen molar-refractivity contribution < 1.29 is 18.3 Å². The molecule has 29 heavy (non-hydrogen) atoms. The fraction of sp³-hybridized carbons (Fsp3) is 0.455. The highest BCUT2D eigenvalue weighted by Crippen LogP contribution is 2.38. The first-order valence-electron chi connectivity index (χ1n) is 10.0. The number of aliphatic hydroxyl groups excluding tert-OH is 1. The minimum atomic E-state index is -3.27. The van der Waals surface area contributed by atoms with Crippen LogP contribution in [0.3, 0.4) is 0 Å². The molecule has 1 aliphatic carbocycles. The molecule has 5 nitrogen and oxygen atoms in total. The number of halogens is 1. The number of rotatable bonds is 6. The van der Waals surface area contributed by atoms with Gasteiger partial charge in [0.05, 0.1) is 16.8 Å². The summed E-state index contributed by atoms with van der Waals surface area (Å²) >= 11 is 5.92. The second-order valence-corrected chi connectivity index (χ2v) is 10.6. The van der Waals surface area contributed by atoms with E-state index in [0.717, 1.165) is 19.5 Å². The first-order chi connectivity index (χ1) is 13.9. The van der Waals surface area contributed by atoms with E-state index in [2.05, 4.69) is 4.90 Å². The number of ether oxygens (including phenoxy) is 1. The molecule has 2 aromatic carbocycles. The maximum Gasteiger partial charge on any atom is 0.179 e. The number of aliphatic hydroxyl groups is 1. The van der Waals surface area contributed by atoms with E-state index in [9.17, 15) is 13.5 Å². The largest absolute Gasteiger partial charge is 0.488 e. The van der Waals surface area contributed by atoms with Crippen molar-refractivity contribution in [2.75, 3.05) is 25.4 Å². The fourth-order valence-corrected chi connectivity index (χ4v) is 5.91. The Balaban J connectivity index is 1.33. The third-order valence-electron chi connectivity index (χ3n) is 6.04. The quantitative estimate of drug-likeness (QED) is 0.754. The van der Waals surface area contributed by atoms with Crippen molar-refractivity contribution in [1.82, 2.24) is 4.90 Å². The molecule has 2 aromatic rings. The Morgan fingerprint density at radius 3 is 2.34 bits per heavy atom. The van der Waals surface area contributed by atoms with E-state index in [1.807, 2.05) is 18.2 Å². The van der Waals surface area contributed by atoms with Gasteiger partial charge in [-0.25, -0.2) is 8.42 Å². The zero-order valence-corrected chi connectivity index (χ0v) is 17.7. The molecular weight excluding hydrogens is 410 g/mol. The van der Waals surface area contributed by atoms with Gasteiger partial charge in [0.15, 0.2) is 9.84 Å². The Morgan fingerprint density at radius 1 is 1.00 bits per heavy atom. The van der Waals surface area contributed by atoms with E-state index in [-0.39, 0.29) is 11.9 Å². The number of hydrogen-bond acceptors (Lipinski definition) is 5. The SMILES string of the molecule is O=S(=O)(CCN1C[C@H]2C[C@@H](Oc3ccc(Cl)cc3)[C@H](O)C[C@H]2C1)c1ccccc1. The molecule has 1 saturated carbocycles. The van der Waals surface area contributed by atoms with Gasteiger partial charge in [0.25, 0.3) is 0 Å². The van der Waals surface area contributed by atoms with Crippen molar-refractivity contribution in [1.29, 1.82) is 0 Å². The van der Waals surface area contributed by atoms with E-state index >= 15 is 0 Å². The maximum absolute atomic E-state index is 12.5. The molecule has 1 heterocycles. The van der Waals surface area contributed by atoms with E-state index in [4.69, 9.17) is 16.3 Å². The van der Waals surface area contributed by atoms with Crippen molar-refractivity contribution in [3.05, 3.63) is 59.6 Å². The molecular formula is C22H26ClNO4S. The van der Waals surface area contributed by atoms with Gasteiger partial charge in [-0.2, -0.15) is 0 Å². The van der Waals surface area contributed by atoms with Crippen molar-refractivity contribution in [2.24, 2.45) is 11.8 Å². The number of benzene rings is 2. The van der Waals surface area contributed by atoms with Crippen LogP contribution in [0.25, 0.3) is 0 Å². The van der Waals surface area contributed by atoms with Crippen LogP contribution in [0.1, 0.15) is 12.8 Å². The number of sulfone groups is 1. The lowest BCUT2D eigenvalue weighted by Crippen LogP contribution is -2.42. The molecule has 0 aromatic heterocycles. The zero-order chi connectivity index (χ0) is 20.4. The van der Waals surface area contributed by atoms with Crippen LogP contribution in [-0.4, -0.2) is 56.0 Å². The number of fused-ring (bicyclic) bond motifs is 1. The highest BCUT2D eigenvalue weighted by atomic mass is 35.5. The third-order valence-corrected chi connectivity index (χ3v) is 8.00. The molecule has 0 bridgehead atoms. The minimum Gasteiger partial charge on any atom is -0.488 e. The topological polar surface area (TPSA) is 66.8 Å². The van der Waals surface area contributed by atoms with Crippen molar-refractivity contribution in [3.63, 3.8) is 0 Å².